The molecule has 2 N–H and O–H groups in total. The van der Waals surface area contributed by atoms with Gasteiger partial charge in [-0.05, 0) is 0 Å². The Hall–Kier alpha value is -0.960. The summed E-state index contributed by atoms with van der Waals surface area (Å²) in [7, 11) is 0. The molecule has 10 heavy (non-hydrogen) atoms. The van der Waals surface area contributed by atoms with Crippen molar-refractivity contribution in [2.45, 2.75) is 6.54 Å². The van der Waals surface area contributed by atoms with Crippen molar-refractivity contribution in [2.24, 2.45) is 0 Å². The van der Waals surface area contributed by atoms with E-state index >= 15 is 0 Å². The van der Waals surface area contributed by atoms with E-state index in [2.05, 4.69) is 11.6 Å². The van der Waals surface area contributed by atoms with Gasteiger partial charge < -0.3 is 10.3 Å². The van der Waals surface area contributed by atoms with Crippen molar-refractivity contribution in [1.29, 1.82) is 0 Å². The van der Waals surface area contributed by atoms with Gasteiger partial charge >= 0.3 is 0 Å². The molecule has 0 atom stereocenters. The molecule has 54 valence electrons. The highest BCUT2D eigenvalue weighted by molar-refractivity contribution is 6.29. The van der Waals surface area contributed by atoms with Gasteiger partial charge in [0.15, 0.2) is 5.95 Å². The molecule has 1 heterocycles. The summed E-state index contributed by atoms with van der Waals surface area (Å²) in [6, 6.07) is 0. The zero-order valence-electron chi connectivity index (χ0n) is 5.42. The Morgan fingerprint density at radius 2 is 2.60 bits per heavy atom. The van der Waals surface area contributed by atoms with Crippen LogP contribution in [0.4, 0.5) is 5.95 Å². The molecule has 0 unspecified atom stereocenters. The number of hydrogen-bond donors (Lipinski definition) is 1. The minimum absolute atomic E-state index is 0.460. The van der Waals surface area contributed by atoms with Gasteiger partial charge in [0.05, 0.1) is 6.54 Å². The third-order valence-corrected chi connectivity index (χ3v) is 1.21. The molecular weight excluding hydrogens is 150 g/mol. The molecule has 0 radical (unpaired) electrons. The molecular formula is C6H8ClN3. The number of nitrogen functional groups attached to an aromatic ring is 1. The lowest BCUT2D eigenvalue weighted by Gasteiger charge is -2.00. The third kappa shape index (κ3) is 1.51. The van der Waals surface area contributed by atoms with E-state index in [9.17, 15) is 0 Å². The quantitative estimate of drug-likeness (QED) is 0.702. The molecule has 0 saturated heterocycles. The van der Waals surface area contributed by atoms with Crippen LogP contribution in [0.15, 0.2) is 24.0 Å². The van der Waals surface area contributed by atoms with Crippen LogP contribution in [0.25, 0.3) is 0 Å². The van der Waals surface area contributed by atoms with Crippen molar-refractivity contribution in [3.05, 3.63) is 24.0 Å². The van der Waals surface area contributed by atoms with Crippen molar-refractivity contribution >= 4 is 17.5 Å². The van der Waals surface area contributed by atoms with Crippen molar-refractivity contribution in [3.8, 4) is 0 Å². The lowest BCUT2D eigenvalue weighted by molar-refractivity contribution is 0.826. The topological polar surface area (TPSA) is 43.8 Å². The Bertz CT molecular complexity index is 241. The van der Waals surface area contributed by atoms with Crippen LogP contribution < -0.4 is 5.73 Å². The summed E-state index contributed by atoms with van der Waals surface area (Å²) in [5, 5.41) is 0.546. The maximum absolute atomic E-state index is 5.54. The van der Waals surface area contributed by atoms with Gasteiger partial charge in [-0.1, -0.05) is 18.2 Å². The largest absolute Gasteiger partial charge is 0.369 e. The van der Waals surface area contributed by atoms with Crippen LogP contribution >= 0.6 is 11.6 Å². The van der Waals surface area contributed by atoms with E-state index in [0.717, 1.165) is 0 Å². The molecule has 1 aromatic rings. The molecule has 0 fully saturated rings. The predicted molar refractivity (Wildman–Crippen MR) is 41.6 cm³/mol. The summed E-state index contributed by atoms with van der Waals surface area (Å²) >= 11 is 5.54. The van der Waals surface area contributed by atoms with Crippen molar-refractivity contribution in [2.75, 3.05) is 5.73 Å². The van der Waals surface area contributed by atoms with Gasteiger partial charge in [0.2, 0.25) is 0 Å². The maximum atomic E-state index is 5.54. The van der Waals surface area contributed by atoms with Gasteiger partial charge in [0.25, 0.3) is 0 Å². The van der Waals surface area contributed by atoms with Gasteiger partial charge in [0, 0.05) is 17.4 Å². The number of aromatic nitrogens is 2. The number of halogens is 1. The predicted octanol–water partition coefficient (Wildman–Crippen LogP) is 1.22. The fourth-order valence-electron chi connectivity index (χ4n) is 0.659. The molecule has 0 aliphatic carbocycles. The summed E-state index contributed by atoms with van der Waals surface area (Å²) in [6.07, 6.45) is 3.37. The normalized spacial score (nSPS) is 9.70. The first-order valence-corrected chi connectivity index (χ1v) is 3.18. The van der Waals surface area contributed by atoms with Gasteiger partial charge in [-0.2, -0.15) is 0 Å². The highest BCUT2D eigenvalue weighted by atomic mass is 35.5. The van der Waals surface area contributed by atoms with Crippen molar-refractivity contribution in [3.63, 3.8) is 0 Å². The zero-order valence-corrected chi connectivity index (χ0v) is 6.17. The minimum Gasteiger partial charge on any atom is -0.369 e. The van der Waals surface area contributed by atoms with E-state index in [1.807, 2.05) is 0 Å². The van der Waals surface area contributed by atoms with Crippen LogP contribution in [0.5, 0.6) is 0 Å². The highest BCUT2D eigenvalue weighted by Crippen LogP contribution is 2.05. The number of rotatable bonds is 2. The van der Waals surface area contributed by atoms with Gasteiger partial charge in [-0.15, -0.1) is 0 Å². The molecule has 3 nitrogen and oxygen atoms in total. The van der Waals surface area contributed by atoms with E-state index in [-0.39, 0.29) is 0 Å². The smallest absolute Gasteiger partial charge is 0.200 e. The molecule has 0 aliphatic rings. The summed E-state index contributed by atoms with van der Waals surface area (Å²) in [5.74, 6) is 0.460. The second-order valence-corrected chi connectivity index (χ2v) is 2.47. The average molecular weight is 158 g/mol. The Labute approximate surface area is 64.1 Å². The zero-order chi connectivity index (χ0) is 7.56. The van der Waals surface area contributed by atoms with Gasteiger partial charge in [-0.25, -0.2) is 4.98 Å². The molecule has 0 spiro atoms. The summed E-state index contributed by atoms with van der Waals surface area (Å²) in [5.41, 5.74) is 5.44. The van der Waals surface area contributed by atoms with Gasteiger partial charge in [0.1, 0.15) is 0 Å². The molecule has 0 saturated carbocycles. The monoisotopic (exact) mass is 157 g/mol. The number of allylic oxidation sites excluding steroid dienone is 1. The minimum atomic E-state index is 0.460. The SMILES string of the molecule is C=C(Cl)Cn1ccnc1N. The summed E-state index contributed by atoms with van der Waals surface area (Å²) in [4.78, 5) is 3.81. The Morgan fingerprint density at radius 1 is 1.90 bits per heavy atom. The second-order valence-electron chi connectivity index (χ2n) is 1.93. The fourth-order valence-corrected chi connectivity index (χ4v) is 0.788. The van der Waals surface area contributed by atoms with Crippen LogP contribution in [0.3, 0.4) is 0 Å². The molecule has 1 aromatic heterocycles. The fraction of sp³-hybridized carbons (Fsp3) is 0.167. The molecule has 0 aliphatic heterocycles. The Morgan fingerprint density at radius 3 is 3.00 bits per heavy atom. The highest BCUT2D eigenvalue weighted by Gasteiger charge is 1.96. The lowest BCUT2D eigenvalue weighted by Crippen LogP contribution is -2.01. The van der Waals surface area contributed by atoms with E-state index < -0.39 is 0 Å². The number of nitrogens with two attached hydrogens (primary N) is 1. The van der Waals surface area contributed by atoms with Crippen LogP contribution in [0, 0.1) is 0 Å². The third-order valence-electron chi connectivity index (χ3n) is 1.09. The molecule has 0 aromatic carbocycles. The number of hydrogen-bond acceptors (Lipinski definition) is 2. The standard InChI is InChI=1S/C6H8ClN3/c1-5(7)4-10-3-2-9-6(10)8/h2-3H,1,4H2,(H2,8,9). The van der Waals surface area contributed by atoms with Crippen LogP contribution in [-0.2, 0) is 6.54 Å². The molecule has 0 amide bonds. The molecule has 1 rings (SSSR count). The first-order chi connectivity index (χ1) is 4.70. The van der Waals surface area contributed by atoms with E-state index in [1.54, 1.807) is 17.0 Å². The summed E-state index contributed by atoms with van der Waals surface area (Å²) in [6.45, 7) is 4.05. The van der Waals surface area contributed by atoms with Crippen LogP contribution in [0.2, 0.25) is 0 Å². The number of imidazole rings is 1. The average Bonchev–Trinajstić information content (AvgIpc) is 2.15. The number of anilines is 1. The van der Waals surface area contributed by atoms with Crippen LogP contribution in [0.1, 0.15) is 0 Å². The maximum Gasteiger partial charge on any atom is 0.200 e. The van der Waals surface area contributed by atoms with E-state index in [0.29, 0.717) is 17.5 Å². The second kappa shape index (κ2) is 2.75. The van der Waals surface area contributed by atoms with Crippen LogP contribution in [-0.4, -0.2) is 9.55 Å². The summed E-state index contributed by atoms with van der Waals surface area (Å²) < 4.78 is 1.72. The van der Waals surface area contributed by atoms with Crippen molar-refractivity contribution < 1.29 is 0 Å². The van der Waals surface area contributed by atoms with Crippen molar-refractivity contribution in [1.82, 2.24) is 9.55 Å². The van der Waals surface area contributed by atoms with E-state index in [4.69, 9.17) is 17.3 Å². The first-order valence-electron chi connectivity index (χ1n) is 2.80. The Balaban J connectivity index is 2.74. The molecule has 0 bridgehead atoms. The molecule has 4 heteroatoms. The lowest BCUT2D eigenvalue weighted by atomic mass is 10.6. The Kier molecular flexibility index (Phi) is 1.97. The number of nitrogens with zero attached hydrogens (tertiary/aromatic N) is 2. The van der Waals surface area contributed by atoms with E-state index in [1.165, 1.54) is 0 Å². The van der Waals surface area contributed by atoms with Gasteiger partial charge in [-0.3, -0.25) is 0 Å². The first kappa shape index (κ1) is 7.15.